The molecule has 0 aromatic heterocycles. The van der Waals surface area contributed by atoms with Crippen LogP contribution in [0, 0.1) is 13.8 Å². The predicted molar refractivity (Wildman–Crippen MR) is 121 cm³/mol. The first-order valence-electron chi connectivity index (χ1n) is 11.2. The number of hydrogen-bond acceptors (Lipinski definition) is 2. The van der Waals surface area contributed by atoms with Crippen LogP contribution in [0.3, 0.4) is 0 Å². The van der Waals surface area contributed by atoms with Gasteiger partial charge in [0.05, 0.1) is 6.42 Å². The molecule has 0 radical (unpaired) electrons. The van der Waals surface area contributed by atoms with Gasteiger partial charge in [-0.25, -0.2) is 0 Å². The summed E-state index contributed by atoms with van der Waals surface area (Å²) in [6.07, 6.45) is 5.33. The quantitative estimate of drug-likeness (QED) is 0.690. The molecule has 1 aliphatic rings. The van der Waals surface area contributed by atoms with Crippen molar-refractivity contribution >= 4 is 11.8 Å². The molecule has 3 rings (SSSR count). The fourth-order valence-corrected chi connectivity index (χ4v) is 4.25. The largest absolute Gasteiger partial charge is 0.352 e. The molecule has 4 heteroatoms. The van der Waals surface area contributed by atoms with E-state index >= 15 is 0 Å². The van der Waals surface area contributed by atoms with Crippen LogP contribution in [0.2, 0.25) is 0 Å². The summed E-state index contributed by atoms with van der Waals surface area (Å²) in [5.74, 6) is -0.0204. The zero-order chi connectivity index (χ0) is 21.5. The van der Waals surface area contributed by atoms with Gasteiger partial charge < -0.3 is 10.2 Å². The summed E-state index contributed by atoms with van der Waals surface area (Å²) in [5.41, 5.74) is 4.35. The average Bonchev–Trinajstić information content (AvgIpc) is 3.24. The standard InChI is InChI=1S/C26H34N2O2/c1-4-24(26(30)27-23-11-7-8-12-23)28(18-21-15-13-19(2)14-16-21)25(29)17-22-10-6-5-9-20(22)3/h5-6,9-10,13-16,23-24H,4,7-8,11-12,17-18H2,1-3H3,(H,27,30). The molecule has 160 valence electrons. The second kappa shape index (κ2) is 10.4. The van der Waals surface area contributed by atoms with Gasteiger partial charge >= 0.3 is 0 Å². The van der Waals surface area contributed by atoms with E-state index in [1.54, 1.807) is 4.90 Å². The minimum Gasteiger partial charge on any atom is -0.352 e. The van der Waals surface area contributed by atoms with Crippen molar-refractivity contribution in [2.45, 2.75) is 77.9 Å². The van der Waals surface area contributed by atoms with Crippen molar-refractivity contribution in [1.29, 1.82) is 0 Å². The zero-order valence-corrected chi connectivity index (χ0v) is 18.5. The van der Waals surface area contributed by atoms with E-state index < -0.39 is 6.04 Å². The normalized spacial score (nSPS) is 15.0. The predicted octanol–water partition coefficient (Wildman–Crippen LogP) is 4.71. The highest BCUT2D eigenvalue weighted by Crippen LogP contribution is 2.20. The van der Waals surface area contributed by atoms with E-state index in [9.17, 15) is 9.59 Å². The second-order valence-corrected chi connectivity index (χ2v) is 8.52. The van der Waals surface area contributed by atoms with Crippen LogP contribution >= 0.6 is 0 Å². The number of benzene rings is 2. The molecule has 0 saturated heterocycles. The Morgan fingerprint density at radius 1 is 1.03 bits per heavy atom. The molecule has 1 fully saturated rings. The molecule has 0 heterocycles. The lowest BCUT2D eigenvalue weighted by Crippen LogP contribution is -2.51. The first kappa shape index (κ1) is 22.1. The summed E-state index contributed by atoms with van der Waals surface area (Å²) in [6, 6.07) is 16.0. The Hall–Kier alpha value is -2.62. The Balaban J connectivity index is 1.82. The maximum absolute atomic E-state index is 13.4. The van der Waals surface area contributed by atoms with Crippen LogP contribution in [-0.4, -0.2) is 28.8 Å². The Morgan fingerprint density at radius 2 is 1.70 bits per heavy atom. The van der Waals surface area contributed by atoms with Crippen LogP contribution < -0.4 is 5.32 Å². The molecule has 30 heavy (non-hydrogen) atoms. The van der Waals surface area contributed by atoms with Crippen LogP contribution in [0.1, 0.15) is 61.3 Å². The number of hydrogen-bond donors (Lipinski definition) is 1. The average molecular weight is 407 g/mol. The lowest BCUT2D eigenvalue weighted by molar-refractivity contribution is -0.141. The van der Waals surface area contributed by atoms with Gasteiger partial charge in [0, 0.05) is 12.6 Å². The number of aryl methyl sites for hydroxylation is 2. The Kier molecular flexibility index (Phi) is 7.67. The molecular weight excluding hydrogens is 372 g/mol. The van der Waals surface area contributed by atoms with E-state index in [1.165, 1.54) is 18.4 Å². The minimum absolute atomic E-state index is 0.00158. The van der Waals surface area contributed by atoms with E-state index in [0.717, 1.165) is 29.5 Å². The van der Waals surface area contributed by atoms with E-state index in [0.29, 0.717) is 19.4 Å². The van der Waals surface area contributed by atoms with Crippen LogP contribution in [0.5, 0.6) is 0 Å². The maximum Gasteiger partial charge on any atom is 0.243 e. The van der Waals surface area contributed by atoms with Crippen LogP contribution in [0.4, 0.5) is 0 Å². The fourth-order valence-electron chi connectivity index (χ4n) is 4.25. The van der Waals surface area contributed by atoms with Crippen LogP contribution in [0.15, 0.2) is 48.5 Å². The molecule has 4 nitrogen and oxygen atoms in total. The molecule has 1 aliphatic carbocycles. The monoisotopic (exact) mass is 406 g/mol. The highest BCUT2D eigenvalue weighted by atomic mass is 16.2. The van der Waals surface area contributed by atoms with E-state index in [4.69, 9.17) is 0 Å². The number of carbonyl (C=O) groups excluding carboxylic acids is 2. The fraction of sp³-hybridized carbons (Fsp3) is 0.462. The van der Waals surface area contributed by atoms with Gasteiger partial charge in [0.2, 0.25) is 11.8 Å². The van der Waals surface area contributed by atoms with Crippen molar-refractivity contribution in [2.75, 3.05) is 0 Å². The lowest BCUT2D eigenvalue weighted by atomic mass is 10.0. The smallest absolute Gasteiger partial charge is 0.243 e. The third-order valence-corrected chi connectivity index (χ3v) is 6.16. The molecule has 2 amide bonds. The molecule has 1 atom stereocenters. The SMILES string of the molecule is CCC(C(=O)NC1CCCC1)N(Cc1ccc(C)cc1)C(=O)Cc1ccccc1C. The first-order chi connectivity index (χ1) is 14.5. The number of amides is 2. The molecule has 0 spiro atoms. The Bertz CT molecular complexity index is 854. The van der Waals surface area contributed by atoms with E-state index in [2.05, 4.69) is 24.4 Å². The van der Waals surface area contributed by atoms with Gasteiger partial charge in [0.1, 0.15) is 6.04 Å². The molecule has 1 N–H and O–H groups in total. The van der Waals surface area contributed by atoms with Crippen LogP contribution in [0.25, 0.3) is 0 Å². The number of nitrogens with one attached hydrogen (secondary N) is 1. The molecular formula is C26H34N2O2. The van der Waals surface area contributed by atoms with Gasteiger partial charge in [-0.3, -0.25) is 9.59 Å². The molecule has 1 unspecified atom stereocenters. The van der Waals surface area contributed by atoms with Gasteiger partial charge in [-0.05, 0) is 49.8 Å². The first-order valence-corrected chi connectivity index (χ1v) is 11.2. The third kappa shape index (κ3) is 5.71. The Labute approximate surface area is 180 Å². The molecule has 2 aromatic rings. The summed E-state index contributed by atoms with van der Waals surface area (Å²) < 4.78 is 0. The summed E-state index contributed by atoms with van der Waals surface area (Å²) in [6.45, 7) is 6.51. The minimum atomic E-state index is -0.455. The van der Waals surface area contributed by atoms with Gasteiger partial charge in [0.25, 0.3) is 0 Å². The number of rotatable bonds is 8. The van der Waals surface area contributed by atoms with Gasteiger partial charge in [-0.1, -0.05) is 73.9 Å². The van der Waals surface area contributed by atoms with Crippen molar-refractivity contribution in [3.05, 3.63) is 70.8 Å². The van der Waals surface area contributed by atoms with Crippen molar-refractivity contribution in [3.63, 3.8) is 0 Å². The van der Waals surface area contributed by atoms with Crippen LogP contribution in [-0.2, 0) is 22.6 Å². The summed E-state index contributed by atoms with van der Waals surface area (Å²) >= 11 is 0. The highest BCUT2D eigenvalue weighted by Gasteiger charge is 2.30. The molecule has 0 bridgehead atoms. The van der Waals surface area contributed by atoms with Crippen molar-refractivity contribution in [1.82, 2.24) is 10.2 Å². The molecule has 2 aromatic carbocycles. The summed E-state index contributed by atoms with van der Waals surface area (Å²) in [5, 5.41) is 3.20. The Morgan fingerprint density at radius 3 is 2.33 bits per heavy atom. The number of carbonyl (C=O) groups is 2. The maximum atomic E-state index is 13.4. The third-order valence-electron chi connectivity index (χ3n) is 6.16. The lowest BCUT2D eigenvalue weighted by Gasteiger charge is -2.32. The second-order valence-electron chi connectivity index (χ2n) is 8.52. The highest BCUT2D eigenvalue weighted by molar-refractivity contribution is 5.88. The van der Waals surface area contributed by atoms with Crippen molar-refractivity contribution < 1.29 is 9.59 Å². The topological polar surface area (TPSA) is 49.4 Å². The number of nitrogens with zero attached hydrogens (tertiary/aromatic N) is 1. The van der Waals surface area contributed by atoms with Gasteiger partial charge in [-0.15, -0.1) is 0 Å². The van der Waals surface area contributed by atoms with Gasteiger partial charge in [0.15, 0.2) is 0 Å². The van der Waals surface area contributed by atoms with E-state index in [1.807, 2.05) is 50.2 Å². The van der Waals surface area contributed by atoms with Crippen molar-refractivity contribution in [2.24, 2.45) is 0 Å². The van der Waals surface area contributed by atoms with Crippen molar-refractivity contribution in [3.8, 4) is 0 Å². The van der Waals surface area contributed by atoms with E-state index in [-0.39, 0.29) is 17.9 Å². The molecule has 0 aliphatic heterocycles. The summed E-state index contributed by atoms with van der Waals surface area (Å²) in [4.78, 5) is 28.3. The zero-order valence-electron chi connectivity index (χ0n) is 18.5. The summed E-state index contributed by atoms with van der Waals surface area (Å²) in [7, 11) is 0. The van der Waals surface area contributed by atoms with Gasteiger partial charge in [-0.2, -0.15) is 0 Å². The molecule has 1 saturated carbocycles.